The molecule has 1 aliphatic heterocycles. The summed E-state index contributed by atoms with van der Waals surface area (Å²) in [7, 11) is 0. The second-order valence-electron chi connectivity index (χ2n) is 4.49. The first-order valence-electron chi connectivity index (χ1n) is 6.09. The second kappa shape index (κ2) is 5.02. The number of hydrogen-bond acceptors (Lipinski definition) is 4. The van der Waals surface area contributed by atoms with Crippen molar-refractivity contribution < 1.29 is 4.39 Å². The Morgan fingerprint density at radius 2 is 2.28 bits per heavy atom. The normalized spacial score (nSPS) is 20.1. The largest absolute Gasteiger partial charge is 0.356 e. The fourth-order valence-electron chi connectivity index (χ4n) is 2.38. The smallest absolute Gasteiger partial charge is 0.141 e. The molecule has 18 heavy (non-hydrogen) atoms. The van der Waals surface area contributed by atoms with Crippen LogP contribution in [0.3, 0.4) is 0 Å². The van der Waals surface area contributed by atoms with Crippen LogP contribution in [0.15, 0.2) is 29.9 Å². The Morgan fingerprint density at radius 1 is 1.33 bits per heavy atom. The molecule has 94 valence electrons. The lowest BCUT2D eigenvalue weighted by Gasteiger charge is -2.32. The van der Waals surface area contributed by atoms with Gasteiger partial charge in [-0.2, -0.15) is 0 Å². The molecule has 3 heterocycles. The first-order chi connectivity index (χ1) is 8.83. The lowest BCUT2D eigenvalue weighted by atomic mass is 9.99. The Hall–Kier alpha value is -1.49. The minimum atomic E-state index is -0.285. The van der Waals surface area contributed by atoms with Crippen LogP contribution in [0.2, 0.25) is 0 Å². The van der Waals surface area contributed by atoms with Gasteiger partial charge in [-0.3, -0.25) is 0 Å². The summed E-state index contributed by atoms with van der Waals surface area (Å²) in [4.78, 5) is 10.8. The monoisotopic (exact) mass is 263 g/mol. The lowest BCUT2D eigenvalue weighted by molar-refractivity contribution is 0.504. The first-order valence-corrected chi connectivity index (χ1v) is 6.97. The summed E-state index contributed by atoms with van der Waals surface area (Å²) < 4.78 is 12.9. The molecule has 1 fully saturated rings. The van der Waals surface area contributed by atoms with Gasteiger partial charge in [0.15, 0.2) is 0 Å². The highest BCUT2D eigenvalue weighted by Crippen LogP contribution is 2.30. The highest BCUT2D eigenvalue weighted by atomic mass is 32.1. The third kappa shape index (κ3) is 2.36. The number of piperidine rings is 1. The molecule has 0 bridgehead atoms. The standard InChI is InChI=1S/C13H14FN3S/c14-11-3-4-12(16-8-11)17-6-1-2-10(9-17)13-15-5-7-18-13/h3-5,7-8,10H,1-2,6,9H2/t10-/m0/s1. The van der Waals surface area contributed by atoms with Crippen molar-refractivity contribution in [1.82, 2.24) is 9.97 Å². The maximum absolute atomic E-state index is 12.9. The van der Waals surface area contributed by atoms with Gasteiger partial charge in [0, 0.05) is 30.6 Å². The molecule has 1 saturated heterocycles. The van der Waals surface area contributed by atoms with E-state index in [1.54, 1.807) is 17.4 Å². The quantitative estimate of drug-likeness (QED) is 0.834. The van der Waals surface area contributed by atoms with Gasteiger partial charge < -0.3 is 4.90 Å². The van der Waals surface area contributed by atoms with Crippen LogP contribution in [-0.4, -0.2) is 23.1 Å². The van der Waals surface area contributed by atoms with Crippen molar-refractivity contribution in [1.29, 1.82) is 0 Å². The molecule has 0 saturated carbocycles. The number of nitrogens with zero attached hydrogens (tertiary/aromatic N) is 3. The van der Waals surface area contributed by atoms with Gasteiger partial charge >= 0.3 is 0 Å². The number of pyridine rings is 1. The first kappa shape index (κ1) is 11.6. The topological polar surface area (TPSA) is 29.0 Å². The zero-order valence-corrected chi connectivity index (χ0v) is 10.7. The van der Waals surface area contributed by atoms with Crippen LogP contribution >= 0.6 is 11.3 Å². The van der Waals surface area contributed by atoms with Crippen LogP contribution in [-0.2, 0) is 0 Å². The third-order valence-electron chi connectivity index (χ3n) is 3.26. The van der Waals surface area contributed by atoms with Crippen LogP contribution in [0, 0.1) is 5.82 Å². The molecule has 0 N–H and O–H groups in total. The molecule has 5 heteroatoms. The maximum Gasteiger partial charge on any atom is 0.141 e. The zero-order chi connectivity index (χ0) is 12.4. The van der Waals surface area contributed by atoms with Gasteiger partial charge in [-0.15, -0.1) is 11.3 Å². The Bertz CT molecular complexity index is 497. The van der Waals surface area contributed by atoms with Crippen molar-refractivity contribution >= 4 is 17.2 Å². The second-order valence-corrected chi connectivity index (χ2v) is 5.42. The number of aromatic nitrogens is 2. The molecule has 3 rings (SSSR count). The van der Waals surface area contributed by atoms with Crippen LogP contribution < -0.4 is 4.90 Å². The molecule has 0 amide bonds. The summed E-state index contributed by atoms with van der Waals surface area (Å²) in [6.45, 7) is 1.91. The van der Waals surface area contributed by atoms with Crippen molar-refractivity contribution in [3.63, 3.8) is 0 Å². The molecular weight excluding hydrogens is 249 g/mol. The Kier molecular flexibility index (Phi) is 3.23. The fourth-order valence-corrected chi connectivity index (χ4v) is 3.15. The number of thiazole rings is 1. The van der Waals surface area contributed by atoms with E-state index < -0.39 is 0 Å². The van der Waals surface area contributed by atoms with Gasteiger partial charge in [-0.1, -0.05) is 0 Å². The minimum Gasteiger partial charge on any atom is -0.356 e. The van der Waals surface area contributed by atoms with E-state index in [1.165, 1.54) is 23.7 Å². The van der Waals surface area contributed by atoms with Crippen molar-refractivity contribution in [2.24, 2.45) is 0 Å². The Labute approximate surface area is 109 Å². The average molecular weight is 263 g/mol. The molecule has 2 aromatic heterocycles. The molecule has 0 aromatic carbocycles. The molecule has 0 spiro atoms. The van der Waals surface area contributed by atoms with Crippen LogP contribution in [0.1, 0.15) is 23.8 Å². The molecule has 3 nitrogen and oxygen atoms in total. The van der Waals surface area contributed by atoms with Gasteiger partial charge in [0.2, 0.25) is 0 Å². The summed E-state index contributed by atoms with van der Waals surface area (Å²) in [5, 5.41) is 3.21. The fraction of sp³-hybridized carbons (Fsp3) is 0.385. The van der Waals surface area contributed by atoms with E-state index in [1.807, 2.05) is 11.6 Å². The number of halogens is 1. The summed E-state index contributed by atoms with van der Waals surface area (Å²) in [6.07, 6.45) is 5.44. The Morgan fingerprint density at radius 3 is 3.00 bits per heavy atom. The molecular formula is C13H14FN3S. The van der Waals surface area contributed by atoms with E-state index in [4.69, 9.17) is 0 Å². The summed E-state index contributed by atoms with van der Waals surface area (Å²) in [5.41, 5.74) is 0. The van der Waals surface area contributed by atoms with Crippen molar-refractivity contribution in [3.8, 4) is 0 Å². The van der Waals surface area contributed by atoms with E-state index >= 15 is 0 Å². The minimum absolute atomic E-state index is 0.285. The number of hydrogen-bond donors (Lipinski definition) is 0. The molecule has 2 aromatic rings. The molecule has 1 atom stereocenters. The average Bonchev–Trinajstić information content (AvgIpc) is 2.94. The van der Waals surface area contributed by atoms with Gasteiger partial charge in [0.1, 0.15) is 11.6 Å². The van der Waals surface area contributed by atoms with E-state index in [-0.39, 0.29) is 5.82 Å². The SMILES string of the molecule is Fc1ccc(N2CCC[C@H](c3nccs3)C2)nc1. The van der Waals surface area contributed by atoms with Crippen LogP contribution in [0.5, 0.6) is 0 Å². The van der Waals surface area contributed by atoms with Gasteiger partial charge in [0.05, 0.1) is 11.2 Å². The highest BCUT2D eigenvalue weighted by molar-refractivity contribution is 7.09. The predicted octanol–water partition coefficient (Wildman–Crippen LogP) is 3.06. The van der Waals surface area contributed by atoms with Crippen LogP contribution in [0.25, 0.3) is 0 Å². The van der Waals surface area contributed by atoms with E-state index in [0.29, 0.717) is 5.92 Å². The number of rotatable bonds is 2. The van der Waals surface area contributed by atoms with Crippen molar-refractivity contribution in [3.05, 3.63) is 40.7 Å². The van der Waals surface area contributed by atoms with Crippen molar-refractivity contribution in [2.45, 2.75) is 18.8 Å². The summed E-state index contributed by atoms with van der Waals surface area (Å²) >= 11 is 1.71. The van der Waals surface area contributed by atoms with Gasteiger partial charge in [-0.05, 0) is 25.0 Å². The molecule has 0 unspecified atom stereocenters. The predicted molar refractivity (Wildman–Crippen MR) is 70.5 cm³/mol. The summed E-state index contributed by atoms with van der Waals surface area (Å²) in [5.74, 6) is 1.05. The molecule has 0 radical (unpaired) electrons. The Balaban J connectivity index is 1.76. The highest BCUT2D eigenvalue weighted by Gasteiger charge is 2.23. The molecule has 1 aliphatic rings. The lowest BCUT2D eigenvalue weighted by Crippen LogP contribution is -2.34. The number of anilines is 1. The van der Waals surface area contributed by atoms with Gasteiger partial charge in [0.25, 0.3) is 0 Å². The van der Waals surface area contributed by atoms with E-state index in [2.05, 4.69) is 14.9 Å². The van der Waals surface area contributed by atoms with E-state index in [9.17, 15) is 4.39 Å². The van der Waals surface area contributed by atoms with Crippen molar-refractivity contribution in [2.75, 3.05) is 18.0 Å². The zero-order valence-electron chi connectivity index (χ0n) is 9.92. The third-order valence-corrected chi connectivity index (χ3v) is 4.20. The van der Waals surface area contributed by atoms with E-state index in [0.717, 1.165) is 25.3 Å². The van der Waals surface area contributed by atoms with Crippen LogP contribution in [0.4, 0.5) is 10.2 Å². The van der Waals surface area contributed by atoms with Gasteiger partial charge in [-0.25, -0.2) is 14.4 Å². The summed E-state index contributed by atoms with van der Waals surface area (Å²) in [6, 6.07) is 3.22. The molecule has 0 aliphatic carbocycles. The maximum atomic E-state index is 12.9.